The van der Waals surface area contributed by atoms with Gasteiger partial charge in [0, 0.05) is 23.7 Å². The summed E-state index contributed by atoms with van der Waals surface area (Å²) in [7, 11) is 4.36. The number of benzene rings is 1. The molecule has 2 aromatic rings. The van der Waals surface area contributed by atoms with E-state index in [0.717, 1.165) is 31.2 Å². The Hall–Kier alpha value is -3.56. The third kappa shape index (κ3) is 4.20. The average molecular weight is 471 g/mol. The number of carbonyl (C=O) groups excluding carboxylic acids is 3. The molecule has 4 rings (SSSR count). The van der Waals surface area contributed by atoms with E-state index >= 15 is 0 Å². The van der Waals surface area contributed by atoms with E-state index in [1.54, 1.807) is 33.3 Å². The molecule has 1 aliphatic heterocycles. The van der Waals surface area contributed by atoms with E-state index < -0.39 is 17.4 Å². The second-order valence-electron chi connectivity index (χ2n) is 8.86. The Morgan fingerprint density at radius 1 is 1.15 bits per heavy atom. The van der Waals surface area contributed by atoms with E-state index in [1.165, 1.54) is 22.8 Å². The van der Waals surface area contributed by atoms with E-state index in [4.69, 9.17) is 14.2 Å². The molecule has 1 N–H and O–H groups in total. The van der Waals surface area contributed by atoms with Crippen LogP contribution in [-0.2, 0) is 22.6 Å². The van der Waals surface area contributed by atoms with E-state index in [-0.39, 0.29) is 36.4 Å². The van der Waals surface area contributed by atoms with Crippen LogP contribution in [0.15, 0.2) is 24.3 Å². The molecule has 0 saturated heterocycles. The fraction of sp³-hybridized carbons (Fsp3) is 0.500. The first kappa shape index (κ1) is 23.6. The summed E-state index contributed by atoms with van der Waals surface area (Å²) in [5.74, 6) is -0.139. The molecule has 2 heterocycles. The van der Waals surface area contributed by atoms with Crippen molar-refractivity contribution in [3.05, 3.63) is 41.2 Å². The maximum absolute atomic E-state index is 13.7. The molecule has 34 heavy (non-hydrogen) atoms. The van der Waals surface area contributed by atoms with Gasteiger partial charge < -0.3 is 24.4 Å². The first-order valence-corrected chi connectivity index (χ1v) is 11.3. The SMILES string of the molecule is COC(=O)c1cc2n(n1)CC(C)(C(=O)NC1CCCC1)N(Cc1ccc(OC)cc1OC)C2=O. The van der Waals surface area contributed by atoms with Gasteiger partial charge >= 0.3 is 5.97 Å². The first-order valence-electron chi connectivity index (χ1n) is 11.3. The van der Waals surface area contributed by atoms with Crippen molar-refractivity contribution < 1.29 is 28.6 Å². The molecule has 1 aromatic carbocycles. The second-order valence-corrected chi connectivity index (χ2v) is 8.86. The number of fused-ring (bicyclic) bond motifs is 1. The lowest BCUT2D eigenvalue weighted by Gasteiger charge is -2.43. The number of hydrogen-bond acceptors (Lipinski definition) is 7. The lowest BCUT2D eigenvalue weighted by Crippen LogP contribution is -2.64. The Morgan fingerprint density at radius 2 is 1.88 bits per heavy atom. The quantitative estimate of drug-likeness (QED) is 0.617. The molecule has 1 unspecified atom stereocenters. The van der Waals surface area contributed by atoms with Gasteiger partial charge in [-0.25, -0.2) is 4.79 Å². The van der Waals surface area contributed by atoms with Crippen LogP contribution in [0.3, 0.4) is 0 Å². The standard InChI is InChI=1S/C24H30N4O6/c1-24(23(31)25-16-7-5-6-8-16)14-28-19(12-18(26-28)22(30)34-4)21(29)27(24)13-15-9-10-17(32-2)11-20(15)33-3/h9-12,16H,5-8,13-14H2,1-4H3,(H,25,31). The molecule has 1 saturated carbocycles. The molecule has 2 amide bonds. The molecule has 1 aliphatic carbocycles. The first-order chi connectivity index (χ1) is 16.3. The summed E-state index contributed by atoms with van der Waals surface area (Å²) in [6.45, 7) is 1.95. The van der Waals surface area contributed by atoms with Crippen LogP contribution in [0, 0.1) is 0 Å². The van der Waals surface area contributed by atoms with Crippen LogP contribution >= 0.6 is 0 Å². The van der Waals surface area contributed by atoms with Crippen LogP contribution in [-0.4, -0.2) is 65.4 Å². The normalized spacial score (nSPS) is 20.1. The summed E-state index contributed by atoms with van der Waals surface area (Å²) in [4.78, 5) is 40.9. The highest BCUT2D eigenvalue weighted by atomic mass is 16.5. The Bertz CT molecular complexity index is 1110. The Labute approximate surface area is 198 Å². The molecular weight excluding hydrogens is 440 g/mol. The minimum absolute atomic E-state index is 0.0216. The summed E-state index contributed by atoms with van der Waals surface area (Å²) in [5.41, 5.74) is -0.276. The predicted octanol–water partition coefficient (Wildman–Crippen LogP) is 2.16. The molecular formula is C24H30N4O6. The summed E-state index contributed by atoms with van der Waals surface area (Å²) in [6, 6.07) is 6.81. The number of methoxy groups -OCH3 is 3. The summed E-state index contributed by atoms with van der Waals surface area (Å²) in [6.07, 6.45) is 3.97. The molecule has 10 heteroatoms. The lowest BCUT2D eigenvalue weighted by molar-refractivity contribution is -0.134. The van der Waals surface area contributed by atoms with Gasteiger partial charge in [-0.1, -0.05) is 12.8 Å². The lowest BCUT2D eigenvalue weighted by atomic mass is 9.93. The highest BCUT2D eigenvalue weighted by molar-refractivity contribution is 6.01. The van der Waals surface area contributed by atoms with Crippen LogP contribution in [0.1, 0.15) is 59.1 Å². The Kier molecular flexibility index (Phi) is 6.49. The van der Waals surface area contributed by atoms with Crippen molar-refractivity contribution in [2.24, 2.45) is 0 Å². The minimum Gasteiger partial charge on any atom is -0.497 e. The zero-order chi connectivity index (χ0) is 24.5. The van der Waals surface area contributed by atoms with Crippen molar-refractivity contribution in [2.75, 3.05) is 21.3 Å². The maximum Gasteiger partial charge on any atom is 0.358 e. The van der Waals surface area contributed by atoms with Gasteiger partial charge in [-0.3, -0.25) is 14.3 Å². The summed E-state index contributed by atoms with van der Waals surface area (Å²) >= 11 is 0. The molecule has 182 valence electrons. The molecule has 1 aromatic heterocycles. The van der Waals surface area contributed by atoms with Crippen molar-refractivity contribution in [1.29, 1.82) is 0 Å². The summed E-state index contributed by atoms with van der Waals surface area (Å²) < 4.78 is 17.0. The maximum atomic E-state index is 13.7. The van der Waals surface area contributed by atoms with Gasteiger partial charge in [0.2, 0.25) is 5.91 Å². The van der Waals surface area contributed by atoms with E-state index in [9.17, 15) is 14.4 Å². The van der Waals surface area contributed by atoms with Gasteiger partial charge in [-0.05, 0) is 31.9 Å². The molecule has 0 radical (unpaired) electrons. The van der Waals surface area contributed by atoms with Crippen molar-refractivity contribution in [3.8, 4) is 11.5 Å². The number of rotatable bonds is 7. The van der Waals surface area contributed by atoms with Crippen molar-refractivity contribution >= 4 is 17.8 Å². The predicted molar refractivity (Wildman–Crippen MR) is 122 cm³/mol. The molecule has 10 nitrogen and oxygen atoms in total. The van der Waals surface area contributed by atoms with Crippen LogP contribution in [0.4, 0.5) is 0 Å². The number of hydrogen-bond donors (Lipinski definition) is 1. The van der Waals surface area contributed by atoms with Gasteiger partial charge in [0.05, 0.1) is 34.4 Å². The van der Waals surface area contributed by atoms with Gasteiger partial charge in [-0.15, -0.1) is 0 Å². The van der Waals surface area contributed by atoms with Crippen LogP contribution in [0.2, 0.25) is 0 Å². The topological polar surface area (TPSA) is 112 Å². The van der Waals surface area contributed by atoms with Crippen molar-refractivity contribution in [1.82, 2.24) is 20.0 Å². The van der Waals surface area contributed by atoms with Crippen LogP contribution in [0.25, 0.3) is 0 Å². The number of ether oxygens (including phenoxy) is 3. The highest BCUT2D eigenvalue weighted by Crippen LogP contribution is 2.33. The largest absolute Gasteiger partial charge is 0.497 e. The zero-order valence-corrected chi connectivity index (χ0v) is 19.9. The fourth-order valence-electron chi connectivity index (χ4n) is 4.66. The number of esters is 1. The van der Waals surface area contributed by atoms with Gasteiger partial charge in [0.15, 0.2) is 5.69 Å². The number of amides is 2. The second kappa shape index (κ2) is 9.36. The van der Waals surface area contributed by atoms with Gasteiger partial charge in [-0.2, -0.15) is 5.10 Å². The van der Waals surface area contributed by atoms with Crippen molar-refractivity contribution in [3.63, 3.8) is 0 Å². The molecule has 1 atom stereocenters. The Balaban J connectivity index is 1.73. The van der Waals surface area contributed by atoms with E-state index in [2.05, 4.69) is 10.4 Å². The number of nitrogens with one attached hydrogen (secondary N) is 1. The number of aromatic nitrogens is 2. The minimum atomic E-state index is -1.24. The monoisotopic (exact) mass is 470 g/mol. The number of nitrogens with zero attached hydrogens (tertiary/aromatic N) is 3. The molecule has 2 aliphatic rings. The molecule has 0 spiro atoms. The smallest absolute Gasteiger partial charge is 0.358 e. The number of carbonyl (C=O) groups is 3. The van der Waals surface area contributed by atoms with Gasteiger partial charge in [0.1, 0.15) is 22.7 Å². The van der Waals surface area contributed by atoms with Crippen molar-refractivity contribution in [2.45, 2.75) is 57.3 Å². The molecule has 0 bridgehead atoms. The third-order valence-corrected chi connectivity index (χ3v) is 6.69. The van der Waals surface area contributed by atoms with Crippen LogP contribution < -0.4 is 14.8 Å². The average Bonchev–Trinajstić information content (AvgIpc) is 3.51. The van der Waals surface area contributed by atoms with E-state index in [1.807, 2.05) is 6.07 Å². The van der Waals surface area contributed by atoms with E-state index in [0.29, 0.717) is 11.5 Å². The summed E-state index contributed by atoms with van der Waals surface area (Å²) in [5, 5.41) is 7.38. The Morgan fingerprint density at radius 3 is 2.53 bits per heavy atom. The zero-order valence-electron chi connectivity index (χ0n) is 19.9. The van der Waals surface area contributed by atoms with Crippen LogP contribution in [0.5, 0.6) is 11.5 Å². The third-order valence-electron chi connectivity index (χ3n) is 6.69. The highest BCUT2D eigenvalue weighted by Gasteiger charge is 2.49. The van der Waals surface area contributed by atoms with Gasteiger partial charge in [0.25, 0.3) is 5.91 Å². The fourth-order valence-corrected chi connectivity index (χ4v) is 4.66. The molecule has 1 fully saturated rings.